The quantitative estimate of drug-likeness (QED) is 0.415. The predicted molar refractivity (Wildman–Crippen MR) is 115 cm³/mol. The highest BCUT2D eigenvalue weighted by Gasteiger charge is 2.17. The third-order valence-corrected chi connectivity index (χ3v) is 5.60. The van der Waals surface area contributed by atoms with E-state index < -0.39 is 5.91 Å². The first-order valence-corrected chi connectivity index (χ1v) is 10.1. The van der Waals surface area contributed by atoms with Crippen LogP contribution in [0.5, 0.6) is 11.5 Å². The molecule has 3 heterocycles. The lowest BCUT2D eigenvalue weighted by Crippen LogP contribution is -2.13. The summed E-state index contributed by atoms with van der Waals surface area (Å²) < 4.78 is 18.7. The van der Waals surface area contributed by atoms with Gasteiger partial charge in [-0.1, -0.05) is 24.3 Å². The van der Waals surface area contributed by atoms with Crippen molar-refractivity contribution in [2.45, 2.75) is 13.0 Å². The van der Waals surface area contributed by atoms with Crippen molar-refractivity contribution in [2.75, 3.05) is 13.9 Å². The molecule has 8 heteroatoms. The Morgan fingerprint density at radius 1 is 1.13 bits per heavy atom. The van der Waals surface area contributed by atoms with Gasteiger partial charge in [0.05, 0.1) is 28.1 Å². The van der Waals surface area contributed by atoms with Crippen LogP contribution in [0.4, 0.5) is 0 Å². The van der Waals surface area contributed by atoms with Crippen molar-refractivity contribution in [3.8, 4) is 22.1 Å². The van der Waals surface area contributed by atoms with Crippen molar-refractivity contribution in [2.24, 2.45) is 5.73 Å². The smallest absolute Gasteiger partial charge is 0.222 e. The molecule has 0 saturated heterocycles. The molecule has 4 rings (SSSR count). The molecule has 0 fully saturated rings. The molecule has 4 aromatic rings. The van der Waals surface area contributed by atoms with E-state index in [1.165, 1.54) is 11.3 Å². The molecule has 0 saturated carbocycles. The Morgan fingerprint density at radius 2 is 1.97 bits per heavy atom. The van der Waals surface area contributed by atoms with Gasteiger partial charge >= 0.3 is 0 Å². The van der Waals surface area contributed by atoms with Crippen molar-refractivity contribution in [3.63, 3.8) is 0 Å². The van der Waals surface area contributed by atoms with Gasteiger partial charge in [0.25, 0.3) is 0 Å². The number of pyridine rings is 1. The average Bonchev–Trinajstić information content (AvgIpc) is 3.34. The lowest BCUT2D eigenvalue weighted by Gasteiger charge is -2.12. The van der Waals surface area contributed by atoms with Gasteiger partial charge < -0.3 is 19.9 Å². The highest BCUT2D eigenvalue weighted by Crippen LogP contribution is 2.37. The summed E-state index contributed by atoms with van der Waals surface area (Å²) in [4.78, 5) is 17.8. The molecule has 0 aliphatic carbocycles. The maximum absolute atomic E-state index is 11.6. The Hall–Kier alpha value is -3.36. The fourth-order valence-corrected chi connectivity index (χ4v) is 4.22. The minimum absolute atomic E-state index is 0.110. The van der Waals surface area contributed by atoms with Gasteiger partial charge in [0.1, 0.15) is 23.8 Å². The number of hydrogen-bond acceptors (Lipinski definition) is 6. The van der Waals surface area contributed by atoms with Gasteiger partial charge in [0.15, 0.2) is 6.79 Å². The van der Waals surface area contributed by atoms with E-state index >= 15 is 0 Å². The van der Waals surface area contributed by atoms with Crippen LogP contribution in [0.1, 0.15) is 10.4 Å². The summed E-state index contributed by atoms with van der Waals surface area (Å²) in [5.41, 5.74) is 8.12. The molecule has 3 aromatic heterocycles. The largest absolute Gasteiger partial charge is 0.488 e. The summed E-state index contributed by atoms with van der Waals surface area (Å²) in [6.07, 6.45) is 3.88. The Balaban J connectivity index is 1.62. The maximum Gasteiger partial charge on any atom is 0.222 e. The summed E-state index contributed by atoms with van der Waals surface area (Å²) in [6.45, 7) is 0.440. The second kappa shape index (κ2) is 8.98. The van der Waals surface area contributed by atoms with E-state index in [1.807, 2.05) is 65.3 Å². The highest BCUT2D eigenvalue weighted by molar-refractivity contribution is 7.15. The van der Waals surface area contributed by atoms with Crippen LogP contribution in [0, 0.1) is 0 Å². The Kier molecular flexibility index (Phi) is 5.97. The molecule has 0 unspecified atom stereocenters. The van der Waals surface area contributed by atoms with Gasteiger partial charge in [0, 0.05) is 24.9 Å². The van der Waals surface area contributed by atoms with Gasteiger partial charge in [-0.2, -0.15) is 0 Å². The number of primary amides is 1. The first-order chi connectivity index (χ1) is 14.7. The van der Waals surface area contributed by atoms with Crippen LogP contribution in [0.3, 0.4) is 0 Å². The number of amides is 1. The molecule has 0 bridgehead atoms. The molecule has 7 nitrogen and oxygen atoms in total. The van der Waals surface area contributed by atoms with Crippen molar-refractivity contribution < 1.29 is 19.0 Å². The van der Waals surface area contributed by atoms with Gasteiger partial charge in [-0.15, -0.1) is 11.3 Å². The van der Waals surface area contributed by atoms with E-state index in [2.05, 4.69) is 4.98 Å². The van der Waals surface area contributed by atoms with Crippen LogP contribution in [-0.2, 0) is 22.6 Å². The van der Waals surface area contributed by atoms with Crippen LogP contribution in [0.2, 0.25) is 0 Å². The first-order valence-electron chi connectivity index (χ1n) is 9.31. The number of thiophene rings is 1. The molecule has 0 aliphatic rings. The standard InChI is InChI=1S/C22H21N3O4S/c1-27-14-29-17-7-3-2-6-15(17)13-28-18-10-19(30-20(18)11-21(23)26)16-12-24-22-8-4-5-9-25(16)22/h2-10,12H,11,13-14H2,1H3,(H2,23,26). The number of rotatable bonds is 9. The van der Waals surface area contributed by atoms with Gasteiger partial charge in [-0.3, -0.25) is 9.20 Å². The molecule has 30 heavy (non-hydrogen) atoms. The molecular formula is C22H21N3O4S. The fraction of sp³-hybridized carbons (Fsp3) is 0.182. The number of nitrogens with zero attached hydrogens (tertiary/aromatic N) is 2. The number of carbonyl (C=O) groups is 1. The number of imidazole rings is 1. The monoisotopic (exact) mass is 423 g/mol. The number of aromatic nitrogens is 2. The summed E-state index contributed by atoms with van der Waals surface area (Å²) in [5.74, 6) is 0.907. The van der Waals surface area contributed by atoms with Crippen LogP contribution in [0.25, 0.3) is 16.2 Å². The number of methoxy groups -OCH3 is 1. The normalized spacial score (nSPS) is 11.0. The second-order valence-electron chi connectivity index (χ2n) is 6.56. The lowest BCUT2D eigenvalue weighted by atomic mass is 10.2. The Bertz CT molecular complexity index is 1170. The average molecular weight is 423 g/mol. The third kappa shape index (κ3) is 4.29. The van der Waals surface area contributed by atoms with Gasteiger partial charge in [-0.05, 0) is 18.2 Å². The number of para-hydroxylation sites is 1. The molecule has 1 aromatic carbocycles. The van der Waals surface area contributed by atoms with Crippen molar-refractivity contribution in [1.82, 2.24) is 9.38 Å². The zero-order chi connectivity index (χ0) is 20.9. The summed E-state index contributed by atoms with van der Waals surface area (Å²) in [7, 11) is 1.57. The number of nitrogens with two attached hydrogens (primary N) is 1. The molecular weight excluding hydrogens is 402 g/mol. The van der Waals surface area contributed by atoms with E-state index in [9.17, 15) is 4.79 Å². The number of hydrogen-bond donors (Lipinski definition) is 1. The van der Waals surface area contributed by atoms with Crippen LogP contribution >= 0.6 is 11.3 Å². The highest BCUT2D eigenvalue weighted by atomic mass is 32.1. The number of carbonyl (C=O) groups excluding carboxylic acids is 1. The first kappa shape index (κ1) is 19.9. The summed E-state index contributed by atoms with van der Waals surface area (Å²) in [5, 5.41) is 0. The molecule has 1 amide bonds. The predicted octanol–water partition coefficient (Wildman–Crippen LogP) is 3.65. The SMILES string of the molecule is COCOc1ccccc1COc1cc(-c2cnc3ccccn23)sc1CC(N)=O. The summed E-state index contributed by atoms with van der Waals surface area (Å²) >= 11 is 1.48. The van der Waals surface area contributed by atoms with Crippen molar-refractivity contribution in [1.29, 1.82) is 0 Å². The third-order valence-electron chi connectivity index (χ3n) is 4.46. The Morgan fingerprint density at radius 3 is 2.80 bits per heavy atom. The molecule has 0 radical (unpaired) electrons. The van der Waals surface area contributed by atoms with Crippen LogP contribution in [0.15, 0.2) is 60.9 Å². The molecule has 2 N–H and O–H groups in total. The maximum atomic E-state index is 11.6. The lowest BCUT2D eigenvalue weighted by molar-refractivity contribution is -0.117. The van der Waals surface area contributed by atoms with E-state index in [1.54, 1.807) is 7.11 Å². The van der Waals surface area contributed by atoms with Crippen molar-refractivity contribution in [3.05, 3.63) is 71.4 Å². The number of fused-ring (bicyclic) bond motifs is 1. The van der Waals surface area contributed by atoms with Gasteiger partial charge in [0.2, 0.25) is 5.91 Å². The second-order valence-corrected chi connectivity index (χ2v) is 7.70. The molecule has 0 aliphatic heterocycles. The summed E-state index contributed by atoms with van der Waals surface area (Å²) in [6, 6.07) is 15.4. The minimum atomic E-state index is -0.407. The molecule has 0 spiro atoms. The fourth-order valence-electron chi connectivity index (χ4n) is 3.10. The van der Waals surface area contributed by atoms with E-state index in [0.29, 0.717) is 11.5 Å². The zero-order valence-corrected chi connectivity index (χ0v) is 17.2. The number of benzene rings is 1. The van der Waals surface area contributed by atoms with Crippen LogP contribution in [-0.4, -0.2) is 29.2 Å². The van der Waals surface area contributed by atoms with E-state index in [0.717, 1.165) is 26.7 Å². The van der Waals surface area contributed by atoms with Crippen molar-refractivity contribution >= 4 is 22.9 Å². The van der Waals surface area contributed by atoms with Crippen LogP contribution < -0.4 is 15.2 Å². The minimum Gasteiger partial charge on any atom is -0.488 e. The van der Waals surface area contributed by atoms with E-state index in [-0.39, 0.29) is 19.8 Å². The molecule has 0 atom stereocenters. The Labute approximate surface area is 177 Å². The van der Waals surface area contributed by atoms with E-state index in [4.69, 9.17) is 19.9 Å². The van der Waals surface area contributed by atoms with Gasteiger partial charge in [-0.25, -0.2) is 4.98 Å². The molecule has 154 valence electrons. The number of ether oxygens (including phenoxy) is 3. The topological polar surface area (TPSA) is 88.1 Å². The zero-order valence-electron chi connectivity index (χ0n) is 16.4.